The smallest absolute Gasteiger partial charge is 0.254 e. The monoisotopic (exact) mass is 317 g/mol. The van der Waals surface area contributed by atoms with E-state index in [0.717, 1.165) is 15.7 Å². The number of halogens is 1. The predicted molar refractivity (Wildman–Crippen MR) is 71.0 cm³/mol. The van der Waals surface area contributed by atoms with Crippen molar-refractivity contribution in [3.05, 3.63) is 33.4 Å². The van der Waals surface area contributed by atoms with Crippen molar-refractivity contribution in [3.8, 4) is 0 Å². The van der Waals surface area contributed by atoms with Crippen LogP contribution < -0.4 is 0 Å². The van der Waals surface area contributed by atoms with Gasteiger partial charge in [-0.3, -0.25) is 4.79 Å². The van der Waals surface area contributed by atoms with Crippen molar-refractivity contribution < 1.29 is 4.79 Å². The van der Waals surface area contributed by atoms with Gasteiger partial charge in [-0.25, -0.2) is 0 Å². The van der Waals surface area contributed by atoms with Gasteiger partial charge >= 0.3 is 0 Å². The molecule has 0 fully saturated rings. The molecule has 0 spiro atoms. The highest BCUT2D eigenvalue weighted by Crippen LogP contribution is 2.12. The molecule has 0 aliphatic heterocycles. The Balaban J connectivity index is 2.93. The Kier molecular flexibility index (Phi) is 4.57. The molecule has 0 unspecified atom stereocenters. The second-order valence-corrected chi connectivity index (χ2v) is 4.94. The molecule has 15 heavy (non-hydrogen) atoms. The Morgan fingerprint density at radius 1 is 1.47 bits per heavy atom. The van der Waals surface area contributed by atoms with Gasteiger partial charge in [-0.2, -0.15) is 0 Å². The number of carbonyl (C=O) groups is 1. The molecule has 0 aliphatic rings. The van der Waals surface area contributed by atoms with Crippen LogP contribution in [0, 0.1) is 3.57 Å². The molecule has 0 aromatic heterocycles. The van der Waals surface area contributed by atoms with Crippen LogP contribution in [0.3, 0.4) is 0 Å². The summed E-state index contributed by atoms with van der Waals surface area (Å²) in [5.41, 5.74) is 0.775. The van der Waals surface area contributed by atoms with Gasteiger partial charge in [0.1, 0.15) is 0 Å². The highest BCUT2D eigenvalue weighted by atomic mass is 127. The zero-order valence-electron chi connectivity index (χ0n) is 9.33. The van der Waals surface area contributed by atoms with Crippen molar-refractivity contribution in [2.45, 2.75) is 26.8 Å². The van der Waals surface area contributed by atoms with Crippen molar-refractivity contribution in [2.75, 3.05) is 6.54 Å². The molecule has 0 saturated heterocycles. The van der Waals surface area contributed by atoms with Crippen LogP contribution in [0.5, 0.6) is 0 Å². The van der Waals surface area contributed by atoms with Gasteiger partial charge in [-0.15, -0.1) is 0 Å². The third-order valence-electron chi connectivity index (χ3n) is 2.30. The Bertz CT molecular complexity index is 349. The Labute approximate surface area is 105 Å². The number of carbonyl (C=O) groups excluding carboxylic acids is 1. The van der Waals surface area contributed by atoms with E-state index < -0.39 is 0 Å². The second-order valence-electron chi connectivity index (χ2n) is 3.70. The van der Waals surface area contributed by atoms with E-state index >= 15 is 0 Å². The third-order valence-corrected chi connectivity index (χ3v) is 2.97. The highest BCUT2D eigenvalue weighted by molar-refractivity contribution is 14.1. The van der Waals surface area contributed by atoms with E-state index in [4.69, 9.17) is 0 Å². The summed E-state index contributed by atoms with van der Waals surface area (Å²) < 4.78 is 1.10. The summed E-state index contributed by atoms with van der Waals surface area (Å²) in [5, 5.41) is 0. The van der Waals surface area contributed by atoms with Gasteiger partial charge in [0, 0.05) is 21.7 Å². The van der Waals surface area contributed by atoms with Crippen LogP contribution in [-0.2, 0) is 0 Å². The normalized spacial score (nSPS) is 10.5. The number of hydrogen-bond acceptors (Lipinski definition) is 1. The lowest BCUT2D eigenvalue weighted by molar-refractivity contribution is 0.0717. The lowest BCUT2D eigenvalue weighted by atomic mass is 10.2. The zero-order valence-corrected chi connectivity index (χ0v) is 11.5. The molecule has 1 aromatic rings. The lowest BCUT2D eigenvalue weighted by Crippen LogP contribution is -2.36. The summed E-state index contributed by atoms with van der Waals surface area (Å²) in [5.74, 6) is 0.117. The molecule has 82 valence electrons. The van der Waals surface area contributed by atoms with E-state index in [0.29, 0.717) is 0 Å². The SMILES string of the molecule is CCN(C(=O)c1cccc(I)c1)C(C)C. The van der Waals surface area contributed by atoms with Crippen molar-refractivity contribution in [3.63, 3.8) is 0 Å². The number of amides is 1. The van der Waals surface area contributed by atoms with Gasteiger partial charge in [0.25, 0.3) is 5.91 Å². The van der Waals surface area contributed by atoms with E-state index in [9.17, 15) is 4.79 Å². The first-order chi connectivity index (χ1) is 7.06. The van der Waals surface area contributed by atoms with Crippen LogP contribution in [-0.4, -0.2) is 23.4 Å². The average Bonchev–Trinajstić information content (AvgIpc) is 2.18. The van der Waals surface area contributed by atoms with Gasteiger partial charge in [0.2, 0.25) is 0 Å². The summed E-state index contributed by atoms with van der Waals surface area (Å²) in [4.78, 5) is 14.0. The highest BCUT2D eigenvalue weighted by Gasteiger charge is 2.16. The van der Waals surface area contributed by atoms with Gasteiger partial charge in [0.15, 0.2) is 0 Å². The van der Waals surface area contributed by atoms with E-state index in [2.05, 4.69) is 22.6 Å². The maximum atomic E-state index is 12.1. The topological polar surface area (TPSA) is 20.3 Å². The molecule has 1 amide bonds. The second kappa shape index (κ2) is 5.49. The fourth-order valence-electron chi connectivity index (χ4n) is 1.53. The molecule has 0 heterocycles. The van der Waals surface area contributed by atoms with Crippen LogP contribution in [0.2, 0.25) is 0 Å². The quantitative estimate of drug-likeness (QED) is 0.784. The van der Waals surface area contributed by atoms with Crippen LogP contribution >= 0.6 is 22.6 Å². The zero-order chi connectivity index (χ0) is 11.4. The van der Waals surface area contributed by atoms with Crippen LogP contribution in [0.25, 0.3) is 0 Å². The van der Waals surface area contributed by atoms with Crippen LogP contribution in [0.15, 0.2) is 24.3 Å². The fraction of sp³-hybridized carbons (Fsp3) is 0.417. The maximum absolute atomic E-state index is 12.1. The average molecular weight is 317 g/mol. The Morgan fingerprint density at radius 2 is 2.13 bits per heavy atom. The maximum Gasteiger partial charge on any atom is 0.254 e. The van der Waals surface area contributed by atoms with Crippen LogP contribution in [0.1, 0.15) is 31.1 Å². The predicted octanol–water partition coefficient (Wildman–Crippen LogP) is 3.16. The molecular weight excluding hydrogens is 301 g/mol. The molecule has 3 heteroatoms. The Hall–Kier alpha value is -0.580. The first-order valence-corrected chi connectivity index (χ1v) is 6.20. The van der Waals surface area contributed by atoms with Gasteiger partial charge in [-0.1, -0.05) is 6.07 Å². The van der Waals surface area contributed by atoms with Gasteiger partial charge < -0.3 is 4.90 Å². The largest absolute Gasteiger partial charge is 0.337 e. The fourth-order valence-corrected chi connectivity index (χ4v) is 2.07. The molecule has 0 saturated carbocycles. The van der Waals surface area contributed by atoms with Crippen molar-refractivity contribution in [2.24, 2.45) is 0 Å². The third kappa shape index (κ3) is 3.19. The standard InChI is InChI=1S/C12H16INO/c1-4-14(9(2)3)12(15)10-6-5-7-11(13)8-10/h5-9H,4H2,1-3H3. The number of hydrogen-bond donors (Lipinski definition) is 0. The minimum absolute atomic E-state index is 0.117. The summed E-state index contributed by atoms with van der Waals surface area (Å²) in [6.45, 7) is 6.83. The number of rotatable bonds is 3. The summed E-state index contributed by atoms with van der Waals surface area (Å²) in [6, 6.07) is 7.95. The minimum atomic E-state index is 0.117. The number of nitrogens with zero attached hydrogens (tertiary/aromatic N) is 1. The first-order valence-electron chi connectivity index (χ1n) is 5.12. The number of benzene rings is 1. The molecule has 0 N–H and O–H groups in total. The van der Waals surface area contributed by atoms with Gasteiger partial charge in [-0.05, 0) is 61.6 Å². The Morgan fingerprint density at radius 3 is 2.60 bits per heavy atom. The van der Waals surface area contributed by atoms with Crippen LogP contribution in [0.4, 0.5) is 0 Å². The van der Waals surface area contributed by atoms with E-state index in [-0.39, 0.29) is 11.9 Å². The molecule has 0 aliphatic carbocycles. The van der Waals surface area contributed by atoms with Crippen molar-refractivity contribution in [1.29, 1.82) is 0 Å². The molecule has 2 nitrogen and oxygen atoms in total. The van der Waals surface area contributed by atoms with Crippen molar-refractivity contribution in [1.82, 2.24) is 4.90 Å². The van der Waals surface area contributed by atoms with E-state index in [1.54, 1.807) is 0 Å². The summed E-state index contributed by atoms with van der Waals surface area (Å²) in [6.07, 6.45) is 0. The molecule has 1 aromatic carbocycles. The molecule has 0 bridgehead atoms. The molecule has 0 radical (unpaired) electrons. The van der Waals surface area contributed by atoms with E-state index in [1.807, 2.05) is 49.9 Å². The van der Waals surface area contributed by atoms with Gasteiger partial charge in [0.05, 0.1) is 0 Å². The lowest BCUT2D eigenvalue weighted by Gasteiger charge is -2.25. The van der Waals surface area contributed by atoms with Crippen molar-refractivity contribution >= 4 is 28.5 Å². The molecule has 0 atom stereocenters. The van der Waals surface area contributed by atoms with E-state index in [1.165, 1.54) is 0 Å². The molecule has 1 rings (SSSR count). The molecular formula is C12H16INO. The summed E-state index contributed by atoms with van der Waals surface area (Å²) >= 11 is 2.22. The minimum Gasteiger partial charge on any atom is -0.337 e. The first kappa shape index (κ1) is 12.5. The summed E-state index contributed by atoms with van der Waals surface area (Å²) in [7, 11) is 0.